The van der Waals surface area contributed by atoms with Crippen LogP contribution in [0.3, 0.4) is 0 Å². The monoisotopic (exact) mass is 275 g/mol. The lowest BCUT2D eigenvalue weighted by molar-refractivity contribution is -0.133. The molecule has 108 valence electrons. The molecule has 2 aliphatic rings. The van der Waals surface area contributed by atoms with E-state index in [1.807, 2.05) is 23.1 Å². The Labute approximate surface area is 119 Å². The molecule has 5 nitrogen and oxygen atoms in total. The molecule has 1 fully saturated rings. The molecule has 1 unspecified atom stereocenters. The van der Waals surface area contributed by atoms with Gasteiger partial charge in [0.1, 0.15) is 11.8 Å². The summed E-state index contributed by atoms with van der Waals surface area (Å²) in [5.41, 5.74) is 2.22. The molecule has 20 heavy (non-hydrogen) atoms. The Hall–Kier alpha value is -1.75. The van der Waals surface area contributed by atoms with Gasteiger partial charge in [-0.25, -0.2) is 0 Å². The zero-order valence-corrected chi connectivity index (χ0v) is 12.1. The summed E-state index contributed by atoms with van der Waals surface area (Å²) in [5.74, 6) is 1.06. The van der Waals surface area contributed by atoms with E-state index in [1.165, 1.54) is 0 Å². The number of benzene rings is 1. The molecule has 0 aromatic heterocycles. The molecule has 0 spiro atoms. The van der Waals surface area contributed by atoms with Gasteiger partial charge in [-0.15, -0.1) is 0 Å². The number of amides is 1. The Balaban J connectivity index is 1.67. The van der Waals surface area contributed by atoms with Crippen LogP contribution in [0.1, 0.15) is 5.56 Å². The predicted octanol–water partition coefficient (Wildman–Crippen LogP) is 0.806. The van der Waals surface area contributed by atoms with Gasteiger partial charge in [0.15, 0.2) is 0 Å². The normalized spacial score (nSPS) is 22.3. The van der Waals surface area contributed by atoms with E-state index in [1.54, 1.807) is 7.11 Å². The molecule has 1 amide bonds. The first kappa shape index (κ1) is 13.2. The second kappa shape index (κ2) is 5.32. The minimum absolute atomic E-state index is 0.125. The van der Waals surface area contributed by atoms with Crippen molar-refractivity contribution in [3.05, 3.63) is 23.8 Å². The maximum Gasteiger partial charge on any atom is 0.245 e. The van der Waals surface area contributed by atoms with Gasteiger partial charge in [0.05, 0.1) is 7.11 Å². The third-order valence-corrected chi connectivity index (χ3v) is 4.18. The van der Waals surface area contributed by atoms with Crippen LogP contribution in [0, 0.1) is 0 Å². The first-order chi connectivity index (χ1) is 9.67. The van der Waals surface area contributed by atoms with Crippen molar-refractivity contribution in [2.75, 3.05) is 45.7 Å². The van der Waals surface area contributed by atoms with Crippen LogP contribution in [0.5, 0.6) is 5.75 Å². The summed E-state index contributed by atoms with van der Waals surface area (Å²) >= 11 is 0. The molecular weight excluding hydrogens is 254 g/mol. The van der Waals surface area contributed by atoms with Gasteiger partial charge in [0.2, 0.25) is 5.91 Å². The van der Waals surface area contributed by atoms with Gasteiger partial charge in [0, 0.05) is 38.3 Å². The molecule has 1 saturated heterocycles. The summed E-state index contributed by atoms with van der Waals surface area (Å²) in [7, 11) is 3.76. The average Bonchev–Trinajstić information content (AvgIpc) is 2.90. The molecule has 1 aromatic carbocycles. The van der Waals surface area contributed by atoms with Crippen LogP contribution >= 0.6 is 0 Å². The Bertz CT molecular complexity index is 510. The minimum Gasteiger partial charge on any atom is -0.497 e. The molecule has 0 aliphatic carbocycles. The molecule has 0 bridgehead atoms. The number of ether oxygens (including phenoxy) is 1. The Kier molecular flexibility index (Phi) is 3.53. The molecule has 1 N–H and O–H groups in total. The standard InChI is InChI=1S/C15H21N3O2/c1-17-5-7-18(8-6-17)15(19)14-10-11-9-12(20-2)3-4-13(11)16-14/h3-4,9,14,16H,5-8,10H2,1-2H3. The lowest BCUT2D eigenvalue weighted by atomic mass is 10.1. The number of hydrogen-bond acceptors (Lipinski definition) is 4. The highest BCUT2D eigenvalue weighted by atomic mass is 16.5. The van der Waals surface area contributed by atoms with Crippen LogP contribution in [0.4, 0.5) is 5.69 Å². The van der Waals surface area contributed by atoms with Crippen LogP contribution in [0.25, 0.3) is 0 Å². The topological polar surface area (TPSA) is 44.8 Å². The fraction of sp³-hybridized carbons (Fsp3) is 0.533. The maximum absolute atomic E-state index is 12.5. The van der Waals surface area contributed by atoms with Crippen LogP contribution in [-0.4, -0.2) is 62.1 Å². The van der Waals surface area contributed by atoms with Gasteiger partial charge in [-0.05, 0) is 30.8 Å². The van der Waals surface area contributed by atoms with E-state index in [-0.39, 0.29) is 11.9 Å². The van der Waals surface area contributed by atoms with Crippen molar-refractivity contribution >= 4 is 11.6 Å². The second-order valence-corrected chi connectivity index (χ2v) is 5.55. The number of fused-ring (bicyclic) bond motifs is 1. The number of hydrogen-bond donors (Lipinski definition) is 1. The molecule has 5 heteroatoms. The minimum atomic E-state index is -0.125. The molecule has 2 aliphatic heterocycles. The Morgan fingerprint density at radius 3 is 2.75 bits per heavy atom. The summed E-state index contributed by atoms with van der Waals surface area (Å²) in [6.07, 6.45) is 0.748. The summed E-state index contributed by atoms with van der Waals surface area (Å²) in [4.78, 5) is 16.8. The lowest BCUT2D eigenvalue weighted by Gasteiger charge is -2.34. The van der Waals surface area contributed by atoms with Crippen LogP contribution < -0.4 is 10.1 Å². The number of piperazine rings is 1. The fourth-order valence-corrected chi connectivity index (χ4v) is 2.86. The third-order valence-electron chi connectivity index (χ3n) is 4.18. The van der Waals surface area contributed by atoms with Gasteiger partial charge in [0.25, 0.3) is 0 Å². The number of carbonyl (C=O) groups excluding carboxylic acids is 1. The largest absolute Gasteiger partial charge is 0.497 e. The summed E-state index contributed by atoms with van der Waals surface area (Å²) in [5, 5.41) is 3.33. The molecule has 0 saturated carbocycles. The van der Waals surface area contributed by atoms with Crippen molar-refractivity contribution in [3.8, 4) is 5.75 Å². The average molecular weight is 275 g/mol. The zero-order chi connectivity index (χ0) is 14.1. The fourth-order valence-electron chi connectivity index (χ4n) is 2.86. The second-order valence-electron chi connectivity index (χ2n) is 5.55. The maximum atomic E-state index is 12.5. The number of methoxy groups -OCH3 is 1. The quantitative estimate of drug-likeness (QED) is 0.867. The van der Waals surface area contributed by atoms with E-state index >= 15 is 0 Å². The summed E-state index contributed by atoms with van der Waals surface area (Å²) < 4.78 is 5.23. The van der Waals surface area contributed by atoms with Crippen molar-refractivity contribution in [2.45, 2.75) is 12.5 Å². The number of rotatable bonds is 2. The Morgan fingerprint density at radius 1 is 1.30 bits per heavy atom. The molecule has 0 radical (unpaired) electrons. The zero-order valence-electron chi connectivity index (χ0n) is 12.1. The number of nitrogens with one attached hydrogen (secondary N) is 1. The highest BCUT2D eigenvalue weighted by molar-refractivity contribution is 5.87. The molecule has 1 aromatic rings. The SMILES string of the molecule is COc1ccc2c(c1)CC(C(=O)N1CCN(C)CC1)N2. The first-order valence-electron chi connectivity index (χ1n) is 7.08. The van der Waals surface area contributed by atoms with Crippen molar-refractivity contribution in [2.24, 2.45) is 0 Å². The van der Waals surface area contributed by atoms with E-state index in [0.29, 0.717) is 0 Å². The van der Waals surface area contributed by atoms with Gasteiger partial charge in [-0.2, -0.15) is 0 Å². The van der Waals surface area contributed by atoms with Crippen LogP contribution in [0.2, 0.25) is 0 Å². The van der Waals surface area contributed by atoms with Gasteiger partial charge < -0.3 is 19.9 Å². The van der Waals surface area contributed by atoms with E-state index in [0.717, 1.165) is 49.6 Å². The molecule has 3 rings (SSSR count). The van der Waals surface area contributed by atoms with Gasteiger partial charge in [-0.1, -0.05) is 0 Å². The number of likely N-dealkylation sites (N-methyl/N-ethyl adjacent to an activating group) is 1. The summed E-state index contributed by atoms with van der Waals surface area (Å²) in [6, 6.07) is 5.81. The van der Waals surface area contributed by atoms with Crippen molar-refractivity contribution < 1.29 is 9.53 Å². The highest BCUT2D eigenvalue weighted by Crippen LogP contribution is 2.30. The molecule has 2 heterocycles. The van der Waals surface area contributed by atoms with E-state index in [9.17, 15) is 4.79 Å². The lowest BCUT2D eigenvalue weighted by Crippen LogP contribution is -2.51. The third kappa shape index (κ3) is 2.45. The molecule has 1 atom stereocenters. The highest BCUT2D eigenvalue weighted by Gasteiger charge is 2.31. The summed E-state index contributed by atoms with van der Waals surface area (Å²) in [6.45, 7) is 3.57. The first-order valence-corrected chi connectivity index (χ1v) is 7.08. The van der Waals surface area contributed by atoms with Crippen LogP contribution in [-0.2, 0) is 11.2 Å². The number of carbonyl (C=O) groups is 1. The van der Waals surface area contributed by atoms with Crippen LogP contribution in [0.15, 0.2) is 18.2 Å². The molecular formula is C15H21N3O2. The number of anilines is 1. The van der Waals surface area contributed by atoms with Gasteiger partial charge >= 0.3 is 0 Å². The van der Waals surface area contributed by atoms with E-state index < -0.39 is 0 Å². The number of nitrogens with zero attached hydrogens (tertiary/aromatic N) is 2. The van der Waals surface area contributed by atoms with E-state index in [2.05, 4.69) is 17.3 Å². The van der Waals surface area contributed by atoms with E-state index in [4.69, 9.17) is 4.74 Å². The van der Waals surface area contributed by atoms with Crippen molar-refractivity contribution in [1.82, 2.24) is 9.80 Å². The Morgan fingerprint density at radius 2 is 2.05 bits per heavy atom. The predicted molar refractivity (Wildman–Crippen MR) is 78.2 cm³/mol. The van der Waals surface area contributed by atoms with Crippen molar-refractivity contribution in [1.29, 1.82) is 0 Å². The van der Waals surface area contributed by atoms with Gasteiger partial charge in [-0.3, -0.25) is 4.79 Å². The van der Waals surface area contributed by atoms with Crippen molar-refractivity contribution in [3.63, 3.8) is 0 Å². The smallest absolute Gasteiger partial charge is 0.245 e.